The molecule has 0 aliphatic carbocycles. The molecule has 0 bridgehead atoms. The average Bonchev–Trinajstić information content (AvgIpc) is 2.81. The smallest absolute Gasteiger partial charge is 0.186 e. The predicted molar refractivity (Wildman–Crippen MR) is 85.7 cm³/mol. The van der Waals surface area contributed by atoms with Crippen LogP contribution in [0.1, 0.15) is 44.7 Å². The van der Waals surface area contributed by atoms with E-state index in [4.69, 9.17) is 9.72 Å². The van der Waals surface area contributed by atoms with Gasteiger partial charge in [0, 0.05) is 18.0 Å². The number of ether oxygens (including phenoxy) is 1. The third-order valence-electron chi connectivity index (χ3n) is 3.69. The molecule has 2 rings (SSSR count). The fraction of sp³-hybridized carbons (Fsp3) is 0.800. The molecule has 0 unspecified atom stereocenters. The predicted octanol–water partition coefficient (Wildman–Crippen LogP) is 2.82. The molecule has 0 saturated carbocycles. The normalized spacial score (nSPS) is 18.5. The van der Waals surface area contributed by atoms with Crippen LogP contribution in [0.5, 0.6) is 0 Å². The summed E-state index contributed by atoms with van der Waals surface area (Å²) in [6.45, 7) is 13.4. The molecular weight excluding hydrogens is 270 g/mol. The fourth-order valence-electron chi connectivity index (χ4n) is 2.49. The molecule has 1 N–H and O–H groups in total. The Morgan fingerprint density at radius 3 is 2.85 bits per heavy atom. The van der Waals surface area contributed by atoms with Gasteiger partial charge in [-0.3, -0.25) is 0 Å². The van der Waals surface area contributed by atoms with Crippen LogP contribution in [0.25, 0.3) is 0 Å². The number of nitrogens with one attached hydrogen (secondary N) is 1. The van der Waals surface area contributed by atoms with E-state index in [-0.39, 0.29) is 5.54 Å². The van der Waals surface area contributed by atoms with Gasteiger partial charge in [0.25, 0.3) is 0 Å². The number of hydrogen-bond acceptors (Lipinski definition) is 5. The van der Waals surface area contributed by atoms with E-state index in [0.29, 0.717) is 0 Å². The Hall–Kier alpha value is -0.650. The average molecular weight is 297 g/mol. The van der Waals surface area contributed by atoms with Gasteiger partial charge < -0.3 is 15.0 Å². The second-order valence-electron chi connectivity index (χ2n) is 5.91. The molecule has 4 nitrogen and oxygen atoms in total. The molecule has 0 aromatic carbocycles. The highest BCUT2D eigenvalue weighted by molar-refractivity contribution is 7.15. The zero-order valence-electron chi connectivity index (χ0n) is 13.2. The first-order valence-electron chi connectivity index (χ1n) is 7.63. The van der Waals surface area contributed by atoms with Crippen molar-refractivity contribution >= 4 is 16.5 Å². The molecule has 1 aromatic rings. The van der Waals surface area contributed by atoms with E-state index in [1.54, 1.807) is 0 Å². The van der Waals surface area contributed by atoms with Crippen molar-refractivity contribution in [1.29, 1.82) is 0 Å². The van der Waals surface area contributed by atoms with Gasteiger partial charge in [-0.25, -0.2) is 4.98 Å². The van der Waals surface area contributed by atoms with Gasteiger partial charge >= 0.3 is 0 Å². The summed E-state index contributed by atoms with van der Waals surface area (Å²) in [5.74, 6) is 0. The summed E-state index contributed by atoms with van der Waals surface area (Å²) >= 11 is 1.84. The minimum Gasteiger partial charge on any atom is -0.377 e. The molecule has 0 spiro atoms. The summed E-state index contributed by atoms with van der Waals surface area (Å²) in [5, 5.41) is 4.65. The van der Waals surface area contributed by atoms with Gasteiger partial charge in [0.15, 0.2) is 5.13 Å². The standard InChI is InChI=1S/C15H27N3OS/c1-5-7-16-10-13-12(6-2)17-14(20-13)18-8-9-19-11-15(18,3)4/h16H,5-11H2,1-4H3. The van der Waals surface area contributed by atoms with Crippen molar-refractivity contribution in [3.8, 4) is 0 Å². The Balaban J connectivity index is 2.15. The first-order valence-corrected chi connectivity index (χ1v) is 8.44. The van der Waals surface area contributed by atoms with Crippen molar-refractivity contribution in [1.82, 2.24) is 10.3 Å². The van der Waals surface area contributed by atoms with E-state index < -0.39 is 0 Å². The van der Waals surface area contributed by atoms with Crippen LogP contribution in [-0.2, 0) is 17.7 Å². The number of rotatable bonds is 6. The van der Waals surface area contributed by atoms with Gasteiger partial charge in [-0.15, -0.1) is 11.3 Å². The first kappa shape index (κ1) is 15.7. The lowest BCUT2D eigenvalue weighted by Gasteiger charge is -2.42. The fourth-order valence-corrected chi connectivity index (χ4v) is 3.80. The number of nitrogens with zero attached hydrogens (tertiary/aromatic N) is 2. The van der Waals surface area contributed by atoms with Crippen LogP contribution >= 0.6 is 11.3 Å². The molecule has 114 valence electrons. The highest BCUT2D eigenvalue weighted by atomic mass is 32.1. The molecule has 1 aliphatic heterocycles. The van der Waals surface area contributed by atoms with Crippen molar-refractivity contribution in [3.05, 3.63) is 10.6 Å². The molecule has 0 atom stereocenters. The van der Waals surface area contributed by atoms with Gasteiger partial charge in [-0.2, -0.15) is 0 Å². The molecule has 1 saturated heterocycles. The lowest BCUT2D eigenvalue weighted by molar-refractivity contribution is 0.0643. The Labute approximate surface area is 126 Å². The second-order valence-corrected chi connectivity index (χ2v) is 6.98. The minimum atomic E-state index is 0.0369. The van der Waals surface area contributed by atoms with Gasteiger partial charge in [0.05, 0.1) is 24.4 Å². The van der Waals surface area contributed by atoms with E-state index >= 15 is 0 Å². The Kier molecular flexibility index (Phi) is 5.41. The van der Waals surface area contributed by atoms with Gasteiger partial charge in [0.1, 0.15) is 0 Å². The van der Waals surface area contributed by atoms with Crippen molar-refractivity contribution < 1.29 is 4.74 Å². The van der Waals surface area contributed by atoms with E-state index in [0.717, 1.165) is 44.4 Å². The van der Waals surface area contributed by atoms with Crippen LogP contribution in [0, 0.1) is 0 Å². The molecule has 0 radical (unpaired) electrons. The third-order valence-corrected chi connectivity index (χ3v) is 4.81. The summed E-state index contributed by atoms with van der Waals surface area (Å²) in [6.07, 6.45) is 2.17. The topological polar surface area (TPSA) is 37.4 Å². The number of morpholine rings is 1. The summed E-state index contributed by atoms with van der Waals surface area (Å²) in [6, 6.07) is 0. The third kappa shape index (κ3) is 3.51. The second kappa shape index (κ2) is 6.87. The molecule has 0 amide bonds. The number of hydrogen-bond donors (Lipinski definition) is 1. The highest BCUT2D eigenvalue weighted by Crippen LogP contribution is 2.32. The largest absolute Gasteiger partial charge is 0.377 e. The van der Waals surface area contributed by atoms with Gasteiger partial charge in [-0.05, 0) is 33.2 Å². The van der Waals surface area contributed by atoms with Gasteiger partial charge in [0.2, 0.25) is 0 Å². The molecule has 5 heteroatoms. The number of aromatic nitrogens is 1. The van der Waals surface area contributed by atoms with E-state index in [1.807, 2.05) is 11.3 Å². The summed E-state index contributed by atoms with van der Waals surface area (Å²) in [5.41, 5.74) is 1.28. The van der Waals surface area contributed by atoms with Crippen LogP contribution in [-0.4, -0.2) is 36.8 Å². The Bertz CT molecular complexity index is 431. The summed E-state index contributed by atoms with van der Waals surface area (Å²) < 4.78 is 5.60. The van der Waals surface area contributed by atoms with Crippen LogP contribution in [0.4, 0.5) is 5.13 Å². The lowest BCUT2D eigenvalue weighted by atomic mass is 10.0. The SMILES string of the molecule is CCCNCc1sc(N2CCOCC2(C)C)nc1CC. The maximum absolute atomic E-state index is 5.60. The number of aryl methyl sites for hydroxylation is 1. The number of thiazole rings is 1. The molecule has 2 heterocycles. The van der Waals surface area contributed by atoms with Crippen LogP contribution in [0.3, 0.4) is 0 Å². The zero-order valence-corrected chi connectivity index (χ0v) is 14.0. The maximum Gasteiger partial charge on any atom is 0.186 e. The molecule has 1 fully saturated rings. The van der Waals surface area contributed by atoms with Crippen LogP contribution in [0.2, 0.25) is 0 Å². The first-order chi connectivity index (χ1) is 9.58. The zero-order chi connectivity index (χ0) is 14.6. The summed E-state index contributed by atoms with van der Waals surface area (Å²) in [4.78, 5) is 8.67. The van der Waals surface area contributed by atoms with Crippen LogP contribution < -0.4 is 10.2 Å². The van der Waals surface area contributed by atoms with Crippen molar-refractivity contribution in [2.45, 2.75) is 52.6 Å². The van der Waals surface area contributed by atoms with E-state index in [2.05, 4.69) is 37.9 Å². The molecular formula is C15H27N3OS. The van der Waals surface area contributed by atoms with Gasteiger partial charge in [-0.1, -0.05) is 13.8 Å². The maximum atomic E-state index is 5.60. The number of anilines is 1. The Morgan fingerprint density at radius 2 is 2.20 bits per heavy atom. The molecule has 1 aliphatic rings. The molecule has 1 aromatic heterocycles. The van der Waals surface area contributed by atoms with Crippen molar-refractivity contribution in [2.75, 3.05) is 31.2 Å². The lowest BCUT2D eigenvalue weighted by Crippen LogP contribution is -2.53. The quantitative estimate of drug-likeness (QED) is 0.819. The summed E-state index contributed by atoms with van der Waals surface area (Å²) in [7, 11) is 0. The van der Waals surface area contributed by atoms with E-state index in [1.165, 1.54) is 17.0 Å². The monoisotopic (exact) mass is 297 g/mol. The van der Waals surface area contributed by atoms with Crippen molar-refractivity contribution in [2.24, 2.45) is 0 Å². The molecule has 20 heavy (non-hydrogen) atoms. The van der Waals surface area contributed by atoms with E-state index in [9.17, 15) is 0 Å². The van der Waals surface area contributed by atoms with Crippen molar-refractivity contribution in [3.63, 3.8) is 0 Å². The highest BCUT2D eigenvalue weighted by Gasteiger charge is 2.32. The van der Waals surface area contributed by atoms with Crippen LogP contribution in [0.15, 0.2) is 0 Å². The minimum absolute atomic E-state index is 0.0369. The Morgan fingerprint density at radius 1 is 1.40 bits per heavy atom.